The van der Waals surface area contributed by atoms with Gasteiger partial charge >= 0.3 is 0 Å². The lowest BCUT2D eigenvalue weighted by molar-refractivity contribution is -0.130. The van der Waals surface area contributed by atoms with Gasteiger partial charge in [0.05, 0.1) is 5.39 Å². The predicted molar refractivity (Wildman–Crippen MR) is 81.8 cm³/mol. The Morgan fingerprint density at radius 2 is 2.00 bits per heavy atom. The van der Waals surface area contributed by atoms with Gasteiger partial charge in [0.2, 0.25) is 5.91 Å². The molecule has 0 atom stereocenters. The number of likely N-dealkylation sites (tertiary alicyclic amines) is 1. The summed E-state index contributed by atoms with van der Waals surface area (Å²) in [5.41, 5.74) is 8.98. The number of nitrogens with two attached hydrogens (primary N) is 1. The first-order chi connectivity index (χ1) is 10.1. The first-order valence-corrected chi connectivity index (χ1v) is 7.43. The lowest BCUT2D eigenvalue weighted by Gasteiger charge is -2.16. The van der Waals surface area contributed by atoms with Gasteiger partial charge in [-0.05, 0) is 32.3 Å². The van der Waals surface area contributed by atoms with Crippen molar-refractivity contribution in [2.75, 3.05) is 18.8 Å². The molecule has 0 unspecified atom stereocenters. The summed E-state index contributed by atoms with van der Waals surface area (Å²) in [7, 11) is 0. The summed E-state index contributed by atoms with van der Waals surface area (Å²) in [6.45, 7) is 6.51. The summed E-state index contributed by atoms with van der Waals surface area (Å²) in [6.07, 6.45) is 4.24. The monoisotopic (exact) mass is 287 g/mol. The summed E-state index contributed by atoms with van der Waals surface area (Å²) in [5, 5.41) is 0.906. The second-order valence-corrected chi connectivity index (χ2v) is 5.66. The number of nitrogen functional groups attached to an aromatic ring is 1. The van der Waals surface area contributed by atoms with Crippen molar-refractivity contribution in [3.8, 4) is 0 Å². The van der Waals surface area contributed by atoms with Crippen LogP contribution in [0.2, 0.25) is 0 Å². The van der Waals surface area contributed by atoms with Gasteiger partial charge < -0.3 is 15.2 Å². The molecule has 2 aromatic rings. The molecule has 0 aliphatic carbocycles. The molecule has 6 nitrogen and oxygen atoms in total. The maximum atomic E-state index is 12.2. The number of carbonyl (C=O) groups excluding carboxylic acids is 1. The van der Waals surface area contributed by atoms with Gasteiger partial charge in [0.15, 0.2) is 0 Å². The van der Waals surface area contributed by atoms with Gasteiger partial charge in [-0.1, -0.05) is 0 Å². The summed E-state index contributed by atoms with van der Waals surface area (Å²) >= 11 is 0. The van der Waals surface area contributed by atoms with Crippen LogP contribution in [0.15, 0.2) is 6.33 Å². The average Bonchev–Trinajstić information content (AvgIpc) is 3.07. The number of anilines is 1. The number of rotatable bonds is 3. The minimum atomic E-state index is 0.230. The van der Waals surface area contributed by atoms with Crippen molar-refractivity contribution in [3.05, 3.63) is 17.6 Å². The standard InChI is InChI=1S/C15H21N5O/c1-10-11(2)20(15-13(10)14(16)17-9-18-15)8-5-12(21)19-6-3-4-7-19/h9H,3-8H2,1-2H3,(H2,16,17,18). The number of fused-ring (bicyclic) bond motifs is 1. The van der Waals surface area contributed by atoms with Crippen LogP contribution in [-0.2, 0) is 11.3 Å². The first-order valence-electron chi connectivity index (χ1n) is 7.43. The van der Waals surface area contributed by atoms with E-state index in [0.29, 0.717) is 18.8 Å². The van der Waals surface area contributed by atoms with Crippen LogP contribution in [0.4, 0.5) is 5.82 Å². The molecule has 112 valence electrons. The first kappa shape index (κ1) is 13.9. The van der Waals surface area contributed by atoms with Crippen LogP contribution in [0.3, 0.4) is 0 Å². The van der Waals surface area contributed by atoms with Crippen LogP contribution < -0.4 is 5.73 Å². The molecular formula is C15H21N5O. The highest BCUT2D eigenvalue weighted by Crippen LogP contribution is 2.27. The summed E-state index contributed by atoms with van der Waals surface area (Å²) in [4.78, 5) is 22.6. The SMILES string of the molecule is Cc1c(C)n(CCC(=O)N2CCCC2)c2ncnc(N)c12. The number of hydrogen-bond donors (Lipinski definition) is 1. The Morgan fingerprint density at radius 1 is 1.29 bits per heavy atom. The Balaban J connectivity index is 1.85. The van der Waals surface area contributed by atoms with E-state index >= 15 is 0 Å². The van der Waals surface area contributed by atoms with Crippen LogP contribution in [0.25, 0.3) is 11.0 Å². The molecule has 1 aliphatic heterocycles. The Kier molecular flexibility index (Phi) is 3.53. The van der Waals surface area contributed by atoms with E-state index in [-0.39, 0.29) is 5.91 Å². The van der Waals surface area contributed by atoms with Gasteiger partial charge in [-0.2, -0.15) is 0 Å². The molecule has 0 radical (unpaired) electrons. The van der Waals surface area contributed by atoms with Gasteiger partial charge in [0.25, 0.3) is 0 Å². The third kappa shape index (κ3) is 2.34. The topological polar surface area (TPSA) is 77.0 Å². The zero-order valence-corrected chi connectivity index (χ0v) is 12.6. The second kappa shape index (κ2) is 5.35. The maximum absolute atomic E-state index is 12.2. The number of aryl methyl sites for hydroxylation is 2. The molecule has 1 amide bonds. The minimum absolute atomic E-state index is 0.230. The molecule has 3 rings (SSSR count). The molecule has 0 saturated carbocycles. The highest BCUT2D eigenvalue weighted by atomic mass is 16.2. The highest BCUT2D eigenvalue weighted by molar-refractivity contribution is 5.90. The van der Waals surface area contributed by atoms with E-state index in [1.54, 1.807) is 0 Å². The molecule has 2 N–H and O–H groups in total. The van der Waals surface area contributed by atoms with Crippen LogP contribution in [0, 0.1) is 13.8 Å². The van der Waals surface area contributed by atoms with Crippen LogP contribution in [0.5, 0.6) is 0 Å². The van der Waals surface area contributed by atoms with Gasteiger partial charge in [0, 0.05) is 31.7 Å². The molecule has 0 bridgehead atoms. The summed E-state index contributed by atoms with van der Waals surface area (Å²) in [6, 6.07) is 0. The molecule has 0 spiro atoms. The van der Waals surface area contributed by atoms with Crippen molar-refractivity contribution in [3.63, 3.8) is 0 Å². The predicted octanol–water partition coefficient (Wildman–Crippen LogP) is 1.64. The normalized spacial score (nSPS) is 15.0. The van der Waals surface area contributed by atoms with Crippen molar-refractivity contribution in [2.24, 2.45) is 0 Å². The van der Waals surface area contributed by atoms with Crippen molar-refractivity contribution in [1.82, 2.24) is 19.4 Å². The fraction of sp³-hybridized carbons (Fsp3) is 0.533. The zero-order chi connectivity index (χ0) is 15.0. The van der Waals surface area contributed by atoms with Crippen LogP contribution in [-0.4, -0.2) is 38.4 Å². The molecule has 21 heavy (non-hydrogen) atoms. The van der Waals surface area contributed by atoms with Crippen molar-refractivity contribution < 1.29 is 4.79 Å². The van der Waals surface area contributed by atoms with Crippen LogP contribution >= 0.6 is 0 Å². The lowest BCUT2D eigenvalue weighted by atomic mass is 10.2. The van der Waals surface area contributed by atoms with Gasteiger partial charge in [-0.15, -0.1) is 0 Å². The summed E-state index contributed by atoms with van der Waals surface area (Å²) in [5.74, 6) is 0.735. The van der Waals surface area contributed by atoms with E-state index < -0.39 is 0 Å². The number of amides is 1. The van der Waals surface area contributed by atoms with Gasteiger partial charge in [0.1, 0.15) is 17.8 Å². The Morgan fingerprint density at radius 3 is 2.71 bits per heavy atom. The number of hydrogen-bond acceptors (Lipinski definition) is 4. The van der Waals surface area contributed by atoms with Crippen molar-refractivity contribution in [1.29, 1.82) is 0 Å². The second-order valence-electron chi connectivity index (χ2n) is 5.66. The molecule has 3 heterocycles. The van der Waals surface area contributed by atoms with E-state index in [1.807, 2.05) is 18.7 Å². The van der Waals surface area contributed by atoms with Gasteiger partial charge in [-0.3, -0.25) is 4.79 Å². The fourth-order valence-corrected chi connectivity index (χ4v) is 3.10. The Labute approximate surface area is 124 Å². The number of nitrogens with zero attached hydrogens (tertiary/aromatic N) is 4. The Hall–Kier alpha value is -2.11. The Bertz CT molecular complexity index is 685. The van der Waals surface area contributed by atoms with E-state index in [9.17, 15) is 4.79 Å². The van der Waals surface area contributed by atoms with Crippen molar-refractivity contribution >= 4 is 22.8 Å². The van der Waals surface area contributed by atoms with Crippen LogP contribution in [0.1, 0.15) is 30.5 Å². The van der Waals surface area contributed by atoms with E-state index in [0.717, 1.165) is 48.2 Å². The maximum Gasteiger partial charge on any atom is 0.224 e. The quantitative estimate of drug-likeness (QED) is 0.931. The molecule has 1 fully saturated rings. The largest absolute Gasteiger partial charge is 0.383 e. The molecule has 2 aromatic heterocycles. The highest BCUT2D eigenvalue weighted by Gasteiger charge is 2.19. The van der Waals surface area contributed by atoms with Gasteiger partial charge in [-0.25, -0.2) is 9.97 Å². The summed E-state index contributed by atoms with van der Waals surface area (Å²) < 4.78 is 2.08. The number of aromatic nitrogens is 3. The molecule has 1 saturated heterocycles. The molecular weight excluding hydrogens is 266 g/mol. The molecule has 0 aromatic carbocycles. The number of carbonyl (C=O) groups is 1. The zero-order valence-electron chi connectivity index (χ0n) is 12.6. The third-order valence-electron chi connectivity index (χ3n) is 4.44. The average molecular weight is 287 g/mol. The third-order valence-corrected chi connectivity index (χ3v) is 4.44. The van der Waals surface area contributed by atoms with E-state index in [2.05, 4.69) is 14.5 Å². The smallest absolute Gasteiger partial charge is 0.224 e. The van der Waals surface area contributed by atoms with E-state index in [4.69, 9.17) is 5.73 Å². The molecule has 1 aliphatic rings. The lowest BCUT2D eigenvalue weighted by Crippen LogP contribution is -2.28. The van der Waals surface area contributed by atoms with Crippen molar-refractivity contribution in [2.45, 2.75) is 39.7 Å². The van der Waals surface area contributed by atoms with E-state index in [1.165, 1.54) is 6.33 Å². The fourth-order valence-electron chi connectivity index (χ4n) is 3.10. The molecule has 6 heteroatoms. The minimum Gasteiger partial charge on any atom is -0.383 e.